The number of aliphatic hydroxyl groups is 1. The molecule has 7 heteroatoms. The predicted octanol–water partition coefficient (Wildman–Crippen LogP) is 0.344. The number of rotatable bonds is 3. The molecular formula is C14H18N2O5. The molecule has 2 saturated heterocycles. The third kappa shape index (κ3) is 2.94. The standard InChI is InChI=1S/C14H18N2O5/c1-19-9-4-2-8(3-5-9)15-14(18)16-10-6-20-13-11(17)7-21-12(10)13/h2-5,10-13,17H,6-7H2,1H3,(H2,15,16,18)/t10-,11+,12+,13+/m0/s1. The molecular weight excluding hydrogens is 276 g/mol. The van der Waals surface area contributed by atoms with Crippen molar-refractivity contribution in [2.24, 2.45) is 0 Å². The number of carbonyl (C=O) groups is 1. The Balaban J connectivity index is 1.54. The van der Waals surface area contributed by atoms with Crippen LogP contribution in [-0.4, -0.2) is 55.8 Å². The van der Waals surface area contributed by atoms with Crippen LogP contribution in [0.3, 0.4) is 0 Å². The van der Waals surface area contributed by atoms with Gasteiger partial charge in [0.1, 0.15) is 24.1 Å². The van der Waals surface area contributed by atoms with E-state index in [0.717, 1.165) is 5.75 Å². The predicted molar refractivity (Wildman–Crippen MR) is 74.4 cm³/mol. The summed E-state index contributed by atoms with van der Waals surface area (Å²) < 4.78 is 16.0. The third-order valence-corrected chi connectivity index (χ3v) is 3.69. The highest BCUT2D eigenvalue weighted by Crippen LogP contribution is 2.27. The van der Waals surface area contributed by atoms with Crippen LogP contribution in [0, 0.1) is 0 Å². The minimum atomic E-state index is -0.619. The van der Waals surface area contributed by atoms with Crippen molar-refractivity contribution in [3.8, 4) is 5.75 Å². The van der Waals surface area contributed by atoms with Gasteiger partial charge in [0.2, 0.25) is 0 Å². The van der Waals surface area contributed by atoms with Crippen molar-refractivity contribution in [2.75, 3.05) is 25.6 Å². The lowest BCUT2D eigenvalue weighted by Crippen LogP contribution is -2.46. The molecule has 4 atom stereocenters. The van der Waals surface area contributed by atoms with E-state index in [1.165, 1.54) is 0 Å². The van der Waals surface area contributed by atoms with Crippen molar-refractivity contribution >= 4 is 11.7 Å². The number of nitrogens with one attached hydrogen (secondary N) is 2. The smallest absolute Gasteiger partial charge is 0.319 e. The van der Waals surface area contributed by atoms with Crippen LogP contribution in [-0.2, 0) is 9.47 Å². The van der Waals surface area contributed by atoms with Crippen LogP contribution >= 0.6 is 0 Å². The van der Waals surface area contributed by atoms with Crippen molar-refractivity contribution < 1.29 is 24.1 Å². The molecule has 3 rings (SSSR count). The Bertz CT molecular complexity index is 507. The van der Waals surface area contributed by atoms with Gasteiger partial charge in [-0.3, -0.25) is 0 Å². The minimum Gasteiger partial charge on any atom is -0.497 e. The van der Waals surface area contributed by atoms with Crippen molar-refractivity contribution in [1.29, 1.82) is 0 Å². The molecule has 3 N–H and O–H groups in total. The summed E-state index contributed by atoms with van der Waals surface area (Å²) in [6.07, 6.45) is -1.26. The number of benzene rings is 1. The Labute approximate surface area is 122 Å². The Hall–Kier alpha value is -1.83. The second kappa shape index (κ2) is 5.88. The first-order valence-electron chi connectivity index (χ1n) is 6.80. The van der Waals surface area contributed by atoms with E-state index >= 15 is 0 Å². The number of amides is 2. The van der Waals surface area contributed by atoms with Gasteiger partial charge in [-0.05, 0) is 24.3 Å². The van der Waals surface area contributed by atoms with E-state index in [0.29, 0.717) is 12.3 Å². The summed E-state index contributed by atoms with van der Waals surface area (Å²) in [5, 5.41) is 15.2. The third-order valence-electron chi connectivity index (χ3n) is 3.69. The number of ether oxygens (including phenoxy) is 3. The molecule has 0 saturated carbocycles. The van der Waals surface area contributed by atoms with Crippen LogP contribution in [0.5, 0.6) is 5.75 Å². The van der Waals surface area contributed by atoms with Gasteiger partial charge >= 0.3 is 6.03 Å². The van der Waals surface area contributed by atoms with E-state index in [4.69, 9.17) is 14.2 Å². The molecule has 0 radical (unpaired) electrons. The second-order valence-electron chi connectivity index (χ2n) is 5.10. The number of methoxy groups -OCH3 is 1. The van der Waals surface area contributed by atoms with Crippen molar-refractivity contribution in [3.05, 3.63) is 24.3 Å². The number of fused-ring (bicyclic) bond motifs is 1. The second-order valence-corrected chi connectivity index (χ2v) is 5.10. The molecule has 21 heavy (non-hydrogen) atoms. The molecule has 7 nitrogen and oxygen atoms in total. The van der Waals surface area contributed by atoms with Crippen LogP contribution < -0.4 is 15.4 Å². The fourth-order valence-electron chi connectivity index (χ4n) is 2.61. The average molecular weight is 294 g/mol. The molecule has 2 amide bonds. The van der Waals surface area contributed by atoms with E-state index in [1.807, 2.05) is 0 Å². The zero-order chi connectivity index (χ0) is 14.8. The van der Waals surface area contributed by atoms with Gasteiger partial charge in [0.25, 0.3) is 0 Å². The molecule has 0 unspecified atom stereocenters. The molecule has 0 spiro atoms. The normalized spacial score (nSPS) is 30.8. The molecule has 114 valence electrons. The zero-order valence-corrected chi connectivity index (χ0v) is 11.6. The fourth-order valence-corrected chi connectivity index (χ4v) is 2.61. The van der Waals surface area contributed by atoms with Gasteiger partial charge in [0.15, 0.2) is 0 Å². The van der Waals surface area contributed by atoms with Gasteiger partial charge in [0, 0.05) is 5.69 Å². The molecule has 1 aromatic carbocycles. The van der Waals surface area contributed by atoms with Gasteiger partial charge in [-0.15, -0.1) is 0 Å². The van der Waals surface area contributed by atoms with Gasteiger partial charge in [-0.1, -0.05) is 0 Å². The molecule has 1 aromatic rings. The number of urea groups is 1. The van der Waals surface area contributed by atoms with E-state index in [9.17, 15) is 9.90 Å². The average Bonchev–Trinajstić information content (AvgIpc) is 3.04. The van der Waals surface area contributed by atoms with Gasteiger partial charge in [0.05, 0.1) is 26.4 Å². The molecule has 2 aliphatic rings. The number of aliphatic hydroxyl groups excluding tert-OH is 1. The van der Waals surface area contributed by atoms with E-state index in [1.54, 1.807) is 31.4 Å². The molecule has 0 aliphatic carbocycles. The number of anilines is 1. The zero-order valence-electron chi connectivity index (χ0n) is 11.6. The van der Waals surface area contributed by atoms with Crippen molar-refractivity contribution in [3.63, 3.8) is 0 Å². The van der Waals surface area contributed by atoms with Gasteiger partial charge in [-0.2, -0.15) is 0 Å². The summed E-state index contributed by atoms with van der Waals surface area (Å²) in [5.41, 5.74) is 0.663. The molecule has 2 fully saturated rings. The highest BCUT2D eigenvalue weighted by atomic mass is 16.6. The lowest BCUT2D eigenvalue weighted by atomic mass is 10.1. The minimum absolute atomic E-state index is 0.244. The Morgan fingerprint density at radius 3 is 2.67 bits per heavy atom. The first-order chi connectivity index (χ1) is 10.2. The topological polar surface area (TPSA) is 89.1 Å². The number of hydrogen-bond donors (Lipinski definition) is 3. The van der Waals surface area contributed by atoms with Gasteiger partial charge in [-0.25, -0.2) is 4.79 Å². The maximum absolute atomic E-state index is 12.0. The summed E-state index contributed by atoms with van der Waals surface area (Å²) in [6, 6.07) is 6.44. The molecule has 0 aromatic heterocycles. The number of hydrogen-bond acceptors (Lipinski definition) is 5. The van der Waals surface area contributed by atoms with E-state index < -0.39 is 6.10 Å². The lowest BCUT2D eigenvalue weighted by Gasteiger charge is -2.17. The van der Waals surface area contributed by atoms with Crippen LogP contribution in [0.1, 0.15) is 0 Å². The first kappa shape index (κ1) is 14.1. The maximum atomic E-state index is 12.0. The largest absolute Gasteiger partial charge is 0.497 e. The van der Waals surface area contributed by atoms with Crippen LogP contribution in [0.25, 0.3) is 0 Å². The Morgan fingerprint density at radius 1 is 1.24 bits per heavy atom. The lowest BCUT2D eigenvalue weighted by molar-refractivity contribution is 0.0180. The Kier molecular flexibility index (Phi) is 3.96. The highest BCUT2D eigenvalue weighted by Gasteiger charge is 2.47. The summed E-state index contributed by atoms with van der Waals surface area (Å²) in [5.74, 6) is 0.723. The van der Waals surface area contributed by atoms with Gasteiger partial charge < -0.3 is 30.0 Å². The monoisotopic (exact) mass is 294 g/mol. The summed E-state index contributed by atoms with van der Waals surface area (Å²) in [4.78, 5) is 12.0. The molecule has 2 heterocycles. The highest BCUT2D eigenvalue weighted by molar-refractivity contribution is 5.89. The van der Waals surface area contributed by atoms with Crippen LogP contribution in [0.15, 0.2) is 24.3 Å². The molecule has 0 bridgehead atoms. The van der Waals surface area contributed by atoms with Crippen molar-refractivity contribution in [2.45, 2.75) is 24.4 Å². The molecule has 2 aliphatic heterocycles. The maximum Gasteiger partial charge on any atom is 0.319 e. The fraction of sp³-hybridized carbons (Fsp3) is 0.500. The van der Waals surface area contributed by atoms with Crippen LogP contribution in [0.2, 0.25) is 0 Å². The Morgan fingerprint density at radius 2 is 1.95 bits per heavy atom. The van der Waals surface area contributed by atoms with Crippen molar-refractivity contribution in [1.82, 2.24) is 5.32 Å². The number of carbonyl (C=O) groups excluding carboxylic acids is 1. The quantitative estimate of drug-likeness (QED) is 0.748. The summed E-state index contributed by atoms with van der Waals surface area (Å²) >= 11 is 0. The summed E-state index contributed by atoms with van der Waals surface area (Å²) in [6.45, 7) is 0.579. The van der Waals surface area contributed by atoms with Crippen LogP contribution in [0.4, 0.5) is 10.5 Å². The first-order valence-corrected chi connectivity index (χ1v) is 6.80. The summed E-state index contributed by atoms with van der Waals surface area (Å²) in [7, 11) is 1.58. The van der Waals surface area contributed by atoms with E-state index in [-0.39, 0.29) is 30.9 Å². The van der Waals surface area contributed by atoms with E-state index in [2.05, 4.69) is 10.6 Å². The SMILES string of the molecule is COc1ccc(NC(=O)N[C@H]2CO[C@H]3[C@@H]2OC[C@H]3O)cc1.